The highest BCUT2D eigenvalue weighted by Crippen LogP contribution is 2.49. The van der Waals surface area contributed by atoms with Crippen LogP contribution in [0.1, 0.15) is 43.6 Å². The first-order valence-electron chi connectivity index (χ1n) is 7.90. The van der Waals surface area contributed by atoms with E-state index in [0.29, 0.717) is 0 Å². The van der Waals surface area contributed by atoms with E-state index in [2.05, 4.69) is 28.1 Å². The van der Waals surface area contributed by atoms with Crippen molar-refractivity contribution in [3.63, 3.8) is 0 Å². The lowest BCUT2D eigenvalue weighted by molar-refractivity contribution is -0.138. The molecule has 0 aliphatic heterocycles. The molecule has 2 aliphatic rings. The molecule has 0 spiro atoms. The van der Waals surface area contributed by atoms with Gasteiger partial charge in [-0.2, -0.15) is 0 Å². The molecule has 5 heteroatoms. The van der Waals surface area contributed by atoms with Crippen molar-refractivity contribution >= 4 is 27.7 Å². The Kier molecular flexibility index (Phi) is 4.52. The third kappa shape index (κ3) is 3.35. The van der Waals surface area contributed by atoms with Crippen molar-refractivity contribution < 1.29 is 9.59 Å². The maximum atomic E-state index is 12.8. The van der Waals surface area contributed by atoms with E-state index in [1.165, 1.54) is 5.56 Å². The molecule has 118 valence electrons. The molecule has 1 aromatic carbocycles. The summed E-state index contributed by atoms with van der Waals surface area (Å²) in [7, 11) is 0. The summed E-state index contributed by atoms with van der Waals surface area (Å²) in [4.78, 5) is 25.9. The van der Waals surface area contributed by atoms with Gasteiger partial charge in [-0.05, 0) is 42.9 Å². The van der Waals surface area contributed by atoms with Crippen LogP contribution in [0.3, 0.4) is 0 Å². The molecular weight excluding hydrogens is 344 g/mol. The molecule has 0 saturated heterocycles. The first kappa shape index (κ1) is 15.5. The zero-order valence-corrected chi connectivity index (χ0v) is 14.1. The maximum Gasteiger partial charge on any atom is 0.237 e. The molecule has 0 aromatic heterocycles. The minimum atomic E-state index is -0.416. The van der Waals surface area contributed by atoms with Crippen LogP contribution < -0.4 is 5.73 Å². The van der Waals surface area contributed by atoms with Crippen molar-refractivity contribution in [2.75, 3.05) is 6.54 Å². The molecule has 0 heterocycles. The van der Waals surface area contributed by atoms with E-state index in [9.17, 15) is 9.59 Å². The van der Waals surface area contributed by atoms with Crippen LogP contribution in [0.4, 0.5) is 0 Å². The number of primary amides is 1. The zero-order valence-electron chi connectivity index (χ0n) is 12.5. The van der Waals surface area contributed by atoms with Gasteiger partial charge in [0, 0.05) is 16.4 Å². The lowest BCUT2D eigenvalue weighted by Crippen LogP contribution is -2.45. The lowest BCUT2D eigenvalue weighted by Gasteiger charge is -2.28. The van der Waals surface area contributed by atoms with Gasteiger partial charge in [-0.3, -0.25) is 9.59 Å². The van der Waals surface area contributed by atoms with Crippen molar-refractivity contribution in [1.82, 2.24) is 4.90 Å². The molecule has 2 saturated carbocycles. The molecule has 0 bridgehead atoms. The topological polar surface area (TPSA) is 63.4 Å². The Labute approximate surface area is 139 Å². The number of carbonyl (C=O) groups excluding carboxylic acids is 2. The second kappa shape index (κ2) is 6.41. The maximum absolute atomic E-state index is 12.8. The highest BCUT2D eigenvalue weighted by Gasteiger charge is 2.47. The molecule has 2 atom stereocenters. The molecule has 2 amide bonds. The first-order chi connectivity index (χ1) is 10.6. The number of hydrogen-bond donors (Lipinski definition) is 1. The molecule has 2 aliphatic carbocycles. The SMILES string of the molecule is NC(=O)CN(C(=O)[C@H]1C[C@@H]1c1ccc(Br)cc1)C1CCCC1. The van der Waals surface area contributed by atoms with E-state index in [1.54, 1.807) is 4.90 Å². The molecular formula is C17H21BrN2O2. The fraction of sp³-hybridized carbons (Fsp3) is 0.529. The van der Waals surface area contributed by atoms with E-state index in [1.807, 2.05) is 12.1 Å². The Bertz CT molecular complexity index is 567. The Morgan fingerprint density at radius 1 is 1.18 bits per heavy atom. The normalized spacial score (nSPS) is 24.2. The summed E-state index contributed by atoms with van der Waals surface area (Å²) in [6.45, 7) is 0.0626. The van der Waals surface area contributed by atoms with Crippen LogP contribution in [-0.2, 0) is 9.59 Å². The number of rotatable bonds is 5. The Hall–Kier alpha value is -1.36. The average Bonchev–Trinajstić information content (AvgIpc) is 3.10. The number of halogens is 1. The smallest absolute Gasteiger partial charge is 0.237 e. The molecule has 1 aromatic rings. The van der Waals surface area contributed by atoms with Crippen molar-refractivity contribution in [3.05, 3.63) is 34.3 Å². The van der Waals surface area contributed by atoms with Crippen LogP contribution in [0.5, 0.6) is 0 Å². The minimum Gasteiger partial charge on any atom is -0.368 e. The zero-order chi connectivity index (χ0) is 15.7. The third-order valence-corrected chi connectivity index (χ3v) is 5.31. The van der Waals surface area contributed by atoms with Crippen molar-refractivity contribution in [3.8, 4) is 0 Å². The fourth-order valence-electron chi connectivity index (χ4n) is 3.53. The first-order valence-corrected chi connectivity index (χ1v) is 8.70. The number of nitrogens with two attached hydrogens (primary N) is 1. The monoisotopic (exact) mass is 364 g/mol. The van der Waals surface area contributed by atoms with Crippen LogP contribution in [0.15, 0.2) is 28.7 Å². The summed E-state index contributed by atoms with van der Waals surface area (Å²) in [5, 5.41) is 0. The summed E-state index contributed by atoms with van der Waals surface area (Å²) in [6.07, 6.45) is 5.13. The lowest BCUT2D eigenvalue weighted by atomic mass is 10.1. The Morgan fingerprint density at radius 3 is 2.41 bits per heavy atom. The average molecular weight is 365 g/mol. The van der Waals surface area contributed by atoms with E-state index < -0.39 is 5.91 Å². The second-order valence-corrected chi connectivity index (χ2v) is 7.29. The van der Waals surface area contributed by atoms with Gasteiger partial charge in [0.05, 0.1) is 6.54 Å². The predicted octanol–water partition coefficient (Wildman–Crippen LogP) is 2.81. The number of hydrogen-bond acceptors (Lipinski definition) is 2. The number of amides is 2. The van der Waals surface area contributed by atoms with Crippen LogP contribution in [0, 0.1) is 5.92 Å². The van der Waals surface area contributed by atoms with Gasteiger partial charge in [0.25, 0.3) is 0 Å². The molecule has 4 nitrogen and oxygen atoms in total. The number of carbonyl (C=O) groups is 2. The van der Waals surface area contributed by atoms with Crippen molar-refractivity contribution in [2.45, 2.75) is 44.1 Å². The van der Waals surface area contributed by atoms with Gasteiger partial charge >= 0.3 is 0 Å². The van der Waals surface area contributed by atoms with Crippen molar-refractivity contribution in [1.29, 1.82) is 0 Å². The van der Waals surface area contributed by atoms with Crippen molar-refractivity contribution in [2.24, 2.45) is 11.7 Å². The van der Waals surface area contributed by atoms with Gasteiger partial charge in [-0.15, -0.1) is 0 Å². The van der Waals surface area contributed by atoms with E-state index in [4.69, 9.17) is 5.73 Å². The quantitative estimate of drug-likeness (QED) is 0.872. The Balaban J connectivity index is 1.69. The highest BCUT2D eigenvalue weighted by molar-refractivity contribution is 9.10. The largest absolute Gasteiger partial charge is 0.368 e. The van der Waals surface area contributed by atoms with Gasteiger partial charge in [0.2, 0.25) is 11.8 Å². The molecule has 2 fully saturated rings. The van der Waals surface area contributed by atoms with E-state index in [-0.39, 0.29) is 30.3 Å². The van der Waals surface area contributed by atoms with Gasteiger partial charge < -0.3 is 10.6 Å². The number of benzene rings is 1. The van der Waals surface area contributed by atoms with Crippen LogP contribution in [0.25, 0.3) is 0 Å². The van der Waals surface area contributed by atoms with Gasteiger partial charge in [0.15, 0.2) is 0 Å². The summed E-state index contributed by atoms with van der Waals surface area (Å²) >= 11 is 3.43. The summed E-state index contributed by atoms with van der Waals surface area (Å²) < 4.78 is 1.04. The van der Waals surface area contributed by atoms with E-state index >= 15 is 0 Å². The predicted molar refractivity (Wildman–Crippen MR) is 88.2 cm³/mol. The van der Waals surface area contributed by atoms with Gasteiger partial charge in [0.1, 0.15) is 0 Å². The summed E-state index contributed by atoms with van der Waals surface area (Å²) in [5.74, 6) is -0.00165. The fourth-order valence-corrected chi connectivity index (χ4v) is 3.79. The summed E-state index contributed by atoms with van der Waals surface area (Å²) in [5.41, 5.74) is 6.54. The number of nitrogens with zero attached hydrogens (tertiary/aromatic N) is 1. The molecule has 3 rings (SSSR count). The highest BCUT2D eigenvalue weighted by atomic mass is 79.9. The molecule has 2 N–H and O–H groups in total. The molecule has 0 radical (unpaired) electrons. The minimum absolute atomic E-state index is 0.0149. The van der Waals surface area contributed by atoms with Crippen LogP contribution >= 0.6 is 15.9 Å². The third-order valence-electron chi connectivity index (χ3n) is 4.78. The molecule has 0 unspecified atom stereocenters. The Morgan fingerprint density at radius 2 is 1.82 bits per heavy atom. The van der Waals surface area contributed by atoms with E-state index in [0.717, 1.165) is 36.6 Å². The second-order valence-electron chi connectivity index (χ2n) is 6.37. The standard InChI is InChI=1S/C17H21BrN2O2/c18-12-7-5-11(6-8-12)14-9-15(14)17(22)20(10-16(19)21)13-3-1-2-4-13/h5-8,13-15H,1-4,9-10H2,(H2,19,21)/t14-,15+/m1/s1. The van der Waals surface area contributed by atoms with Crippen LogP contribution in [-0.4, -0.2) is 29.3 Å². The summed E-state index contributed by atoms with van der Waals surface area (Å²) in [6, 6.07) is 8.35. The van der Waals surface area contributed by atoms with Gasteiger partial charge in [-0.25, -0.2) is 0 Å². The molecule has 22 heavy (non-hydrogen) atoms. The van der Waals surface area contributed by atoms with Crippen LogP contribution in [0.2, 0.25) is 0 Å². The van der Waals surface area contributed by atoms with Gasteiger partial charge in [-0.1, -0.05) is 40.9 Å².